The monoisotopic (exact) mass is 425 g/mol. The van der Waals surface area contributed by atoms with Gasteiger partial charge in [-0.15, -0.1) is 0 Å². The smallest absolute Gasteiger partial charge is 0.253 e. The van der Waals surface area contributed by atoms with Crippen molar-refractivity contribution in [3.8, 4) is 0 Å². The van der Waals surface area contributed by atoms with Crippen LogP contribution in [0, 0.1) is 6.92 Å². The second-order valence-electron chi connectivity index (χ2n) is 6.34. The third kappa shape index (κ3) is 6.07. The summed E-state index contributed by atoms with van der Waals surface area (Å²) >= 11 is 7.30. The van der Waals surface area contributed by atoms with Gasteiger partial charge in [-0.05, 0) is 36.8 Å². The maximum Gasteiger partial charge on any atom is 0.253 e. The molecule has 2 amide bonds. The Bertz CT molecular complexity index is 1010. The van der Waals surface area contributed by atoms with E-state index in [-0.39, 0.29) is 17.6 Å². The van der Waals surface area contributed by atoms with Crippen molar-refractivity contribution >= 4 is 40.9 Å². The molecule has 0 aliphatic heterocycles. The molecule has 0 spiro atoms. The molecule has 0 atom stereocenters. The Labute approximate surface area is 178 Å². The molecule has 1 heterocycles. The summed E-state index contributed by atoms with van der Waals surface area (Å²) in [5.74, 6) is -0.354. The Morgan fingerprint density at radius 3 is 2.55 bits per heavy atom. The topological polar surface area (TPSA) is 71.1 Å². The van der Waals surface area contributed by atoms with E-state index in [1.807, 2.05) is 31.2 Å². The maximum absolute atomic E-state index is 12.6. The molecule has 0 aliphatic rings. The van der Waals surface area contributed by atoms with Crippen LogP contribution in [0.15, 0.2) is 71.9 Å². The fourth-order valence-electron chi connectivity index (χ4n) is 2.57. The minimum atomic E-state index is -0.248. The summed E-state index contributed by atoms with van der Waals surface area (Å²) in [4.78, 5) is 29.1. The van der Waals surface area contributed by atoms with Gasteiger partial charge in [0.25, 0.3) is 5.91 Å². The van der Waals surface area contributed by atoms with Crippen molar-refractivity contribution in [1.82, 2.24) is 10.3 Å². The van der Waals surface area contributed by atoms with Crippen molar-refractivity contribution < 1.29 is 9.59 Å². The third-order valence-electron chi connectivity index (χ3n) is 4.08. The lowest BCUT2D eigenvalue weighted by Gasteiger charge is -2.12. The quantitative estimate of drug-likeness (QED) is 0.538. The number of pyridine rings is 1. The number of para-hydroxylation sites is 1. The molecule has 0 fully saturated rings. The summed E-state index contributed by atoms with van der Waals surface area (Å²) < 4.78 is 0. The Morgan fingerprint density at radius 2 is 1.79 bits per heavy atom. The third-order valence-corrected chi connectivity index (χ3v) is 5.51. The molecular weight excluding hydrogens is 406 g/mol. The Hall–Kier alpha value is -2.83. The highest BCUT2D eigenvalue weighted by atomic mass is 35.5. The number of thioether (sulfide) groups is 1. The summed E-state index contributed by atoms with van der Waals surface area (Å²) in [7, 11) is 0. The number of aryl methyl sites for hydroxylation is 1. The molecule has 2 N–H and O–H groups in total. The van der Waals surface area contributed by atoms with Crippen molar-refractivity contribution in [2.75, 3.05) is 11.1 Å². The van der Waals surface area contributed by atoms with Crippen LogP contribution in [0.1, 0.15) is 21.5 Å². The molecule has 0 radical (unpaired) electrons. The molecule has 0 bridgehead atoms. The molecule has 148 valence electrons. The van der Waals surface area contributed by atoms with Gasteiger partial charge in [0.05, 0.1) is 22.0 Å². The first-order valence-electron chi connectivity index (χ1n) is 8.99. The van der Waals surface area contributed by atoms with Gasteiger partial charge in [-0.3, -0.25) is 9.59 Å². The van der Waals surface area contributed by atoms with Crippen LogP contribution in [-0.4, -0.2) is 22.6 Å². The first-order chi connectivity index (χ1) is 14.0. The standard InChI is InChI=1S/C22H20ClN3O2S/c1-15-8-10-16(11-9-15)13-25-21(28)17-5-2-3-7-19(17)26-20(27)14-29-22-18(23)6-4-12-24-22/h2-12H,13-14H2,1H3,(H,25,28)(H,26,27). The van der Waals surface area contributed by atoms with Crippen molar-refractivity contribution in [1.29, 1.82) is 0 Å². The minimum Gasteiger partial charge on any atom is -0.348 e. The van der Waals surface area contributed by atoms with Crippen LogP contribution in [0.3, 0.4) is 0 Å². The van der Waals surface area contributed by atoms with Crippen molar-refractivity contribution in [3.05, 3.63) is 88.6 Å². The van der Waals surface area contributed by atoms with Crippen LogP contribution < -0.4 is 10.6 Å². The van der Waals surface area contributed by atoms with E-state index in [0.29, 0.717) is 27.8 Å². The summed E-state index contributed by atoms with van der Waals surface area (Å²) in [6.45, 7) is 2.43. The molecule has 5 nitrogen and oxygen atoms in total. The lowest BCUT2D eigenvalue weighted by molar-refractivity contribution is -0.113. The molecule has 0 unspecified atom stereocenters. The van der Waals surface area contributed by atoms with E-state index in [0.717, 1.165) is 11.1 Å². The number of carbonyl (C=O) groups excluding carboxylic acids is 2. The van der Waals surface area contributed by atoms with Crippen LogP contribution in [0.25, 0.3) is 0 Å². The van der Waals surface area contributed by atoms with Gasteiger partial charge in [0, 0.05) is 12.7 Å². The molecule has 0 saturated heterocycles. The molecule has 29 heavy (non-hydrogen) atoms. The van der Waals surface area contributed by atoms with E-state index in [4.69, 9.17) is 11.6 Å². The van der Waals surface area contributed by atoms with Gasteiger partial charge in [0.1, 0.15) is 5.03 Å². The van der Waals surface area contributed by atoms with Gasteiger partial charge in [-0.1, -0.05) is 65.3 Å². The number of hydrogen-bond acceptors (Lipinski definition) is 4. The Kier molecular flexibility index (Phi) is 7.27. The maximum atomic E-state index is 12.6. The number of hydrogen-bond donors (Lipinski definition) is 2. The van der Waals surface area contributed by atoms with E-state index >= 15 is 0 Å². The minimum absolute atomic E-state index is 0.135. The summed E-state index contributed by atoms with van der Waals surface area (Å²) in [5.41, 5.74) is 3.05. The lowest BCUT2D eigenvalue weighted by Crippen LogP contribution is -2.25. The molecule has 0 saturated carbocycles. The number of nitrogens with zero attached hydrogens (tertiary/aromatic N) is 1. The summed E-state index contributed by atoms with van der Waals surface area (Å²) in [6.07, 6.45) is 1.62. The highest BCUT2D eigenvalue weighted by Gasteiger charge is 2.14. The SMILES string of the molecule is Cc1ccc(CNC(=O)c2ccccc2NC(=O)CSc2ncccc2Cl)cc1. The first kappa shape index (κ1) is 20.9. The fraction of sp³-hybridized carbons (Fsp3) is 0.136. The number of amides is 2. The molecule has 3 rings (SSSR count). The number of rotatable bonds is 7. The predicted molar refractivity (Wildman–Crippen MR) is 117 cm³/mol. The van der Waals surface area contributed by atoms with E-state index in [1.165, 1.54) is 11.8 Å². The highest BCUT2D eigenvalue weighted by Crippen LogP contribution is 2.24. The Balaban J connectivity index is 1.60. The van der Waals surface area contributed by atoms with E-state index in [1.54, 1.807) is 42.6 Å². The normalized spacial score (nSPS) is 10.4. The second kappa shape index (κ2) is 10.1. The first-order valence-corrected chi connectivity index (χ1v) is 10.4. The van der Waals surface area contributed by atoms with Crippen LogP contribution in [-0.2, 0) is 11.3 Å². The average molecular weight is 426 g/mol. The van der Waals surface area contributed by atoms with Gasteiger partial charge >= 0.3 is 0 Å². The van der Waals surface area contributed by atoms with Crippen LogP contribution >= 0.6 is 23.4 Å². The van der Waals surface area contributed by atoms with Gasteiger partial charge in [0.15, 0.2) is 0 Å². The molecule has 2 aromatic carbocycles. The van der Waals surface area contributed by atoms with Gasteiger partial charge in [-0.2, -0.15) is 0 Å². The largest absolute Gasteiger partial charge is 0.348 e. The molecular formula is C22H20ClN3O2S. The fourth-order valence-corrected chi connectivity index (χ4v) is 3.54. The van der Waals surface area contributed by atoms with Crippen molar-refractivity contribution in [2.45, 2.75) is 18.5 Å². The van der Waals surface area contributed by atoms with E-state index < -0.39 is 0 Å². The predicted octanol–water partition coefficient (Wildman–Crippen LogP) is 4.70. The molecule has 3 aromatic rings. The van der Waals surface area contributed by atoms with Gasteiger partial charge in [-0.25, -0.2) is 4.98 Å². The van der Waals surface area contributed by atoms with Crippen molar-refractivity contribution in [3.63, 3.8) is 0 Å². The number of anilines is 1. The molecule has 0 aliphatic carbocycles. The van der Waals surface area contributed by atoms with Crippen molar-refractivity contribution in [2.24, 2.45) is 0 Å². The van der Waals surface area contributed by atoms with Gasteiger partial charge in [0.2, 0.25) is 5.91 Å². The number of nitrogens with one attached hydrogen (secondary N) is 2. The average Bonchev–Trinajstić information content (AvgIpc) is 2.73. The summed E-state index contributed by atoms with van der Waals surface area (Å²) in [5, 5.41) is 6.78. The molecule has 1 aromatic heterocycles. The number of halogens is 1. The molecule has 7 heteroatoms. The summed E-state index contributed by atoms with van der Waals surface area (Å²) in [6, 6.07) is 18.3. The van der Waals surface area contributed by atoms with E-state index in [9.17, 15) is 9.59 Å². The number of aromatic nitrogens is 1. The lowest BCUT2D eigenvalue weighted by atomic mass is 10.1. The zero-order valence-corrected chi connectivity index (χ0v) is 17.4. The number of carbonyl (C=O) groups is 2. The zero-order valence-electron chi connectivity index (χ0n) is 15.8. The van der Waals surface area contributed by atoms with Gasteiger partial charge < -0.3 is 10.6 Å². The van der Waals surface area contributed by atoms with Crippen LogP contribution in [0.4, 0.5) is 5.69 Å². The van der Waals surface area contributed by atoms with E-state index in [2.05, 4.69) is 15.6 Å². The Morgan fingerprint density at radius 1 is 1.03 bits per heavy atom. The zero-order chi connectivity index (χ0) is 20.6. The highest BCUT2D eigenvalue weighted by molar-refractivity contribution is 8.00. The second-order valence-corrected chi connectivity index (χ2v) is 7.71. The van der Waals surface area contributed by atoms with Crippen LogP contribution in [0.2, 0.25) is 5.02 Å². The number of benzene rings is 2. The van der Waals surface area contributed by atoms with Crippen LogP contribution in [0.5, 0.6) is 0 Å².